The first-order valence-electron chi connectivity index (χ1n) is 9.61. The van der Waals surface area contributed by atoms with Crippen molar-refractivity contribution >= 4 is 34.8 Å². The number of hydrogen-bond acceptors (Lipinski definition) is 4. The minimum absolute atomic E-state index is 0.0147. The van der Waals surface area contributed by atoms with Gasteiger partial charge in [-0.15, -0.1) is 0 Å². The summed E-state index contributed by atoms with van der Waals surface area (Å²) in [6.45, 7) is 0.922. The predicted octanol–water partition coefficient (Wildman–Crippen LogP) is 4.35. The first-order valence-corrected chi connectivity index (χ1v) is 9.99. The number of benzene rings is 2. The van der Waals surface area contributed by atoms with Crippen LogP contribution in [0.25, 0.3) is 0 Å². The van der Waals surface area contributed by atoms with E-state index in [4.69, 9.17) is 11.6 Å². The molecule has 0 aromatic heterocycles. The Bertz CT molecular complexity index is 960. The summed E-state index contributed by atoms with van der Waals surface area (Å²) < 4.78 is 38.6. The van der Waals surface area contributed by atoms with Crippen molar-refractivity contribution in [2.24, 2.45) is 5.92 Å². The van der Waals surface area contributed by atoms with Crippen molar-refractivity contribution in [3.8, 4) is 5.75 Å². The van der Waals surface area contributed by atoms with Crippen molar-refractivity contribution in [1.29, 1.82) is 0 Å². The number of anilines is 2. The number of rotatable bonds is 5. The summed E-state index contributed by atoms with van der Waals surface area (Å²) in [6.07, 6.45) is -3.52. The highest BCUT2D eigenvalue weighted by Crippen LogP contribution is 2.34. The number of alkyl halides is 3. The van der Waals surface area contributed by atoms with Gasteiger partial charge in [0.1, 0.15) is 5.75 Å². The van der Waals surface area contributed by atoms with Crippen molar-refractivity contribution in [3.05, 3.63) is 53.1 Å². The van der Waals surface area contributed by atoms with Gasteiger partial charge in [0, 0.05) is 5.92 Å². The van der Waals surface area contributed by atoms with Crippen LogP contribution in [0.2, 0.25) is 5.02 Å². The van der Waals surface area contributed by atoms with Crippen LogP contribution >= 0.6 is 11.6 Å². The average Bonchev–Trinajstić information content (AvgIpc) is 2.71. The van der Waals surface area contributed by atoms with Crippen LogP contribution in [0.15, 0.2) is 42.5 Å². The third-order valence-electron chi connectivity index (χ3n) is 5.06. The number of nitrogens with one attached hydrogen (secondary N) is 2. The molecule has 0 unspecified atom stereocenters. The van der Waals surface area contributed by atoms with E-state index >= 15 is 0 Å². The lowest BCUT2D eigenvalue weighted by Gasteiger charge is -2.30. The van der Waals surface area contributed by atoms with E-state index in [0.717, 1.165) is 18.2 Å². The molecule has 1 aliphatic heterocycles. The van der Waals surface area contributed by atoms with E-state index in [1.54, 1.807) is 18.2 Å². The van der Waals surface area contributed by atoms with Crippen molar-refractivity contribution in [3.63, 3.8) is 0 Å². The molecule has 3 rings (SSSR count). The van der Waals surface area contributed by atoms with Gasteiger partial charge in [0.25, 0.3) is 0 Å². The number of phenolic OH excluding ortho intramolecular Hbond substituents is 1. The Morgan fingerprint density at radius 3 is 2.39 bits per heavy atom. The molecular formula is C21H21ClF3N3O3. The van der Waals surface area contributed by atoms with E-state index in [1.165, 1.54) is 6.07 Å². The zero-order valence-corrected chi connectivity index (χ0v) is 17.1. The fraction of sp³-hybridized carbons (Fsp3) is 0.333. The number of carbonyl (C=O) groups excluding carboxylic acids is 2. The second-order valence-corrected chi connectivity index (χ2v) is 7.70. The van der Waals surface area contributed by atoms with E-state index in [-0.39, 0.29) is 34.8 Å². The Morgan fingerprint density at radius 2 is 1.74 bits per heavy atom. The lowest BCUT2D eigenvalue weighted by Crippen LogP contribution is -2.41. The zero-order valence-electron chi connectivity index (χ0n) is 16.4. The smallest absolute Gasteiger partial charge is 0.416 e. The maximum atomic E-state index is 12.9. The molecule has 6 nitrogen and oxygen atoms in total. The van der Waals surface area contributed by atoms with Crippen LogP contribution in [0.5, 0.6) is 5.75 Å². The van der Waals surface area contributed by atoms with Gasteiger partial charge >= 0.3 is 6.18 Å². The molecular weight excluding hydrogens is 435 g/mol. The Hall–Kier alpha value is -2.78. The zero-order chi connectivity index (χ0) is 22.6. The minimum Gasteiger partial charge on any atom is -0.506 e. The van der Waals surface area contributed by atoms with Gasteiger partial charge in [0.15, 0.2) is 0 Å². The van der Waals surface area contributed by atoms with E-state index in [0.29, 0.717) is 31.6 Å². The minimum atomic E-state index is -4.54. The van der Waals surface area contributed by atoms with Gasteiger partial charge in [-0.2, -0.15) is 13.2 Å². The summed E-state index contributed by atoms with van der Waals surface area (Å²) in [5.41, 5.74) is -0.658. The molecule has 2 aromatic carbocycles. The van der Waals surface area contributed by atoms with Gasteiger partial charge in [-0.25, -0.2) is 0 Å². The average molecular weight is 456 g/mol. The maximum absolute atomic E-state index is 12.9. The highest BCUT2D eigenvalue weighted by Gasteiger charge is 2.31. The van der Waals surface area contributed by atoms with E-state index in [9.17, 15) is 27.9 Å². The van der Waals surface area contributed by atoms with Crippen LogP contribution < -0.4 is 10.6 Å². The second kappa shape index (κ2) is 9.57. The molecule has 2 amide bonds. The van der Waals surface area contributed by atoms with Gasteiger partial charge in [0.2, 0.25) is 11.8 Å². The number of amides is 2. The molecule has 1 aliphatic rings. The van der Waals surface area contributed by atoms with Gasteiger partial charge in [-0.3, -0.25) is 14.5 Å². The number of aromatic hydroxyl groups is 1. The number of halogens is 4. The number of phenols is 1. The quantitative estimate of drug-likeness (QED) is 0.585. The van der Waals surface area contributed by atoms with Crippen LogP contribution in [-0.4, -0.2) is 41.5 Å². The molecule has 1 fully saturated rings. The maximum Gasteiger partial charge on any atom is 0.416 e. The highest BCUT2D eigenvalue weighted by molar-refractivity contribution is 6.33. The lowest BCUT2D eigenvalue weighted by molar-refractivity contribution is -0.137. The Balaban J connectivity index is 1.50. The Labute approximate surface area is 182 Å². The molecule has 31 heavy (non-hydrogen) atoms. The summed E-state index contributed by atoms with van der Waals surface area (Å²) in [6, 6.07) is 9.18. The third kappa shape index (κ3) is 6.11. The number of likely N-dealkylation sites (tertiary alicyclic amines) is 1. The molecule has 0 spiro atoms. The molecule has 10 heteroatoms. The molecule has 0 atom stereocenters. The topological polar surface area (TPSA) is 81.7 Å². The Kier molecular flexibility index (Phi) is 7.07. The summed E-state index contributed by atoms with van der Waals surface area (Å²) in [5, 5.41) is 14.9. The SMILES string of the molecule is O=C(CN1CCC(C(=O)Nc2ccccc2O)CC1)Nc1cc(C(F)(F)F)ccc1Cl. The first kappa shape index (κ1) is 22.9. The van der Waals surface area contributed by atoms with Gasteiger partial charge in [-0.05, 0) is 56.3 Å². The molecule has 0 bridgehead atoms. The molecule has 0 radical (unpaired) electrons. The van der Waals surface area contributed by atoms with E-state index in [2.05, 4.69) is 10.6 Å². The van der Waals surface area contributed by atoms with Crippen molar-refractivity contribution in [2.45, 2.75) is 19.0 Å². The largest absolute Gasteiger partial charge is 0.506 e. The van der Waals surface area contributed by atoms with Crippen LogP contribution in [0, 0.1) is 5.92 Å². The van der Waals surface area contributed by atoms with Crippen molar-refractivity contribution < 1.29 is 27.9 Å². The molecule has 2 aromatic rings. The highest BCUT2D eigenvalue weighted by atomic mass is 35.5. The molecule has 166 valence electrons. The van der Waals surface area contributed by atoms with Crippen molar-refractivity contribution in [1.82, 2.24) is 4.90 Å². The number of piperidine rings is 1. The van der Waals surface area contributed by atoms with Crippen LogP contribution in [0.1, 0.15) is 18.4 Å². The summed E-state index contributed by atoms with van der Waals surface area (Å²) in [7, 11) is 0. The van der Waals surface area contributed by atoms with E-state index in [1.807, 2.05) is 4.90 Å². The number of carbonyl (C=O) groups is 2. The molecule has 0 aliphatic carbocycles. The second-order valence-electron chi connectivity index (χ2n) is 7.30. The fourth-order valence-corrected chi connectivity index (χ4v) is 3.52. The normalized spacial score (nSPS) is 15.5. The number of hydrogen-bond donors (Lipinski definition) is 3. The molecule has 1 heterocycles. The summed E-state index contributed by atoms with van der Waals surface area (Å²) in [4.78, 5) is 26.5. The third-order valence-corrected chi connectivity index (χ3v) is 5.38. The van der Waals surface area contributed by atoms with Gasteiger partial charge < -0.3 is 15.7 Å². The lowest BCUT2D eigenvalue weighted by atomic mass is 9.95. The van der Waals surface area contributed by atoms with Gasteiger partial charge in [-0.1, -0.05) is 23.7 Å². The van der Waals surface area contributed by atoms with Crippen LogP contribution in [0.4, 0.5) is 24.5 Å². The summed E-state index contributed by atoms with van der Waals surface area (Å²) >= 11 is 5.91. The number of nitrogens with zero attached hydrogens (tertiary/aromatic N) is 1. The molecule has 3 N–H and O–H groups in total. The first-order chi connectivity index (χ1) is 14.6. The molecule has 1 saturated heterocycles. The van der Waals surface area contributed by atoms with Crippen LogP contribution in [-0.2, 0) is 15.8 Å². The predicted molar refractivity (Wildman–Crippen MR) is 111 cm³/mol. The summed E-state index contributed by atoms with van der Waals surface area (Å²) in [5.74, 6) is -0.977. The number of para-hydroxylation sites is 2. The monoisotopic (exact) mass is 455 g/mol. The standard InChI is InChI=1S/C21H21ClF3N3O3/c22-15-6-5-14(21(23,24)25)11-17(15)26-19(30)12-28-9-7-13(8-10-28)20(31)27-16-3-1-2-4-18(16)29/h1-6,11,13,29H,7-10,12H2,(H,26,30)(H,27,31). The van der Waals surface area contributed by atoms with Gasteiger partial charge in [0.05, 0.1) is 28.5 Å². The fourth-order valence-electron chi connectivity index (χ4n) is 3.36. The Morgan fingerprint density at radius 1 is 1.06 bits per heavy atom. The van der Waals surface area contributed by atoms with Crippen molar-refractivity contribution in [2.75, 3.05) is 30.3 Å². The van der Waals surface area contributed by atoms with Crippen LogP contribution in [0.3, 0.4) is 0 Å². The van der Waals surface area contributed by atoms with E-state index < -0.39 is 17.6 Å². The molecule has 0 saturated carbocycles.